The van der Waals surface area contributed by atoms with Gasteiger partial charge in [0.1, 0.15) is 16.5 Å². The first kappa shape index (κ1) is 18.5. The average molecular weight is 393 g/mol. The molecule has 1 saturated heterocycles. The molecule has 12 heteroatoms. The van der Waals surface area contributed by atoms with Gasteiger partial charge in [-0.05, 0) is 6.42 Å². The number of hydrogen-bond donors (Lipinski definition) is 2. The van der Waals surface area contributed by atoms with E-state index in [1.165, 1.54) is 13.2 Å². The van der Waals surface area contributed by atoms with Crippen LogP contribution in [-0.2, 0) is 18.0 Å². The molecular weight excluding hydrogens is 377 g/mol. The lowest BCUT2D eigenvalue weighted by Gasteiger charge is -2.13. The average Bonchev–Trinajstić information content (AvgIpc) is 3.17. The van der Waals surface area contributed by atoms with E-state index in [2.05, 4.69) is 20.4 Å². The summed E-state index contributed by atoms with van der Waals surface area (Å²) in [6, 6.07) is 0. The van der Waals surface area contributed by atoms with E-state index < -0.39 is 11.9 Å². The van der Waals surface area contributed by atoms with Crippen LogP contribution in [0.1, 0.15) is 12.1 Å². The first-order chi connectivity index (χ1) is 12.3. The van der Waals surface area contributed by atoms with E-state index in [0.29, 0.717) is 13.2 Å². The van der Waals surface area contributed by atoms with E-state index in [4.69, 9.17) is 26.8 Å². The second-order valence-corrected chi connectivity index (χ2v) is 6.15. The summed E-state index contributed by atoms with van der Waals surface area (Å²) in [5, 5.41) is 6.11. The first-order valence-corrected chi connectivity index (χ1v) is 8.03. The third kappa shape index (κ3) is 3.93. The number of hydrogen-bond acceptors (Lipinski definition) is 7. The molecule has 1 atom stereocenters. The highest BCUT2D eigenvalue weighted by atomic mass is 35.5. The monoisotopic (exact) mass is 392 g/mol. The Morgan fingerprint density at radius 2 is 2.27 bits per heavy atom. The first-order valence-electron chi connectivity index (χ1n) is 7.65. The van der Waals surface area contributed by atoms with Crippen LogP contribution in [0.15, 0.2) is 6.20 Å². The van der Waals surface area contributed by atoms with Gasteiger partial charge < -0.3 is 20.5 Å². The molecule has 0 aliphatic carbocycles. The Balaban J connectivity index is 1.92. The maximum absolute atomic E-state index is 13.4. The summed E-state index contributed by atoms with van der Waals surface area (Å²) in [6.07, 6.45) is -2.73. The minimum atomic E-state index is -4.70. The largest absolute Gasteiger partial charge is 0.476 e. The van der Waals surface area contributed by atoms with Crippen molar-refractivity contribution in [2.45, 2.75) is 12.6 Å². The molecule has 142 valence electrons. The molecule has 0 radical (unpaired) electrons. The highest BCUT2D eigenvalue weighted by Crippen LogP contribution is 2.40. The van der Waals surface area contributed by atoms with Crippen LogP contribution in [0, 0.1) is 5.92 Å². The molecule has 0 saturated carbocycles. The lowest BCUT2D eigenvalue weighted by atomic mass is 10.1. The molecule has 3 rings (SSSR count). The second-order valence-electron chi connectivity index (χ2n) is 5.74. The van der Waals surface area contributed by atoms with Crippen LogP contribution in [0.4, 0.5) is 30.6 Å². The fourth-order valence-electron chi connectivity index (χ4n) is 2.45. The fourth-order valence-corrected chi connectivity index (χ4v) is 2.54. The summed E-state index contributed by atoms with van der Waals surface area (Å²) in [7, 11) is 1.36. The predicted molar refractivity (Wildman–Crippen MR) is 87.4 cm³/mol. The van der Waals surface area contributed by atoms with E-state index in [-0.39, 0.29) is 40.9 Å². The number of anilines is 3. The highest BCUT2D eigenvalue weighted by molar-refractivity contribution is 6.32. The van der Waals surface area contributed by atoms with Crippen molar-refractivity contribution < 1.29 is 22.6 Å². The summed E-state index contributed by atoms with van der Waals surface area (Å²) < 4.78 is 51.9. The Hall–Kier alpha value is -2.27. The van der Waals surface area contributed by atoms with Crippen molar-refractivity contribution in [2.75, 3.05) is 30.9 Å². The van der Waals surface area contributed by atoms with Crippen LogP contribution in [0.3, 0.4) is 0 Å². The molecule has 0 aromatic carbocycles. The zero-order valence-electron chi connectivity index (χ0n) is 13.7. The van der Waals surface area contributed by atoms with Crippen LogP contribution in [-0.4, -0.2) is 39.6 Å². The molecule has 2 aromatic heterocycles. The number of aromatic nitrogens is 4. The molecular formula is C14H16ClF3N6O2. The summed E-state index contributed by atoms with van der Waals surface area (Å²) >= 11 is 5.73. The molecule has 1 fully saturated rings. The van der Waals surface area contributed by atoms with Gasteiger partial charge in [0.2, 0.25) is 11.8 Å². The van der Waals surface area contributed by atoms with Gasteiger partial charge in [-0.25, -0.2) is 9.67 Å². The van der Waals surface area contributed by atoms with Gasteiger partial charge in [0.25, 0.3) is 0 Å². The summed E-state index contributed by atoms with van der Waals surface area (Å²) in [6.45, 7) is 1.31. The van der Waals surface area contributed by atoms with Crippen molar-refractivity contribution in [3.8, 4) is 5.88 Å². The number of halogens is 4. The van der Waals surface area contributed by atoms with Crippen LogP contribution < -0.4 is 15.8 Å². The maximum Gasteiger partial charge on any atom is 0.437 e. The van der Waals surface area contributed by atoms with Gasteiger partial charge in [-0.3, -0.25) is 0 Å². The van der Waals surface area contributed by atoms with Gasteiger partial charge in [-0.1, -0.05) is 11.6 Å². The van der Waals surface area contributed by atoms with Gasteiger partial charge in [-0.2, -0.15) is 23.3 Å². The van der Waals surface area contributed by atoms with Gasteiger partial charge in [-0.15, -0.1) is 0 Å². The summed E-state index contributed by atoms with van der Waals surface area (Å²) in [5.41, 5.74) is 4.04. The smallest absolute Gasteiger partial charge is 0.437 e. The van der Waals surface area contributed by atoms with E-state index in [1.54, 1.807) is 0 Å². The minimum absolute atomic E-state index is 0.0628. The van der Waals surface area contributed by atoms with Crippen molar-refractivity contribution in [2.24, 2.45) is 13.0 Å². The molecule has 1 aliphatic rings. The number of ether oxygens (including phenoxy) is 2. The molecule has 3 heterocycles. The third-order valence-electron chi connectivity index (χ3n) is 3.75. The highest BCUT2D eigenvalue weighted by Gasteiger charge is 2.40. The van der Waals surface area contributed by atoms with Gasteiger partial charge in [0.15, 0.2) is 5.69 Å². The number of nitrogens with one attached hydrogen (secondary N) is 1. The molecule has 1 aliphatic heterocycles. The Labute approximate surface area is 151 Å². The quantitative estimate of drug-likeness (QED) is 0.806. The normalized spacial score (nSPS) is 17.5. The van der Waals surface area contributed by atoms with Crippen molar-refractivity contribution >= 4 is 29.1 Å². The number of aryl methyl sites for hydroxylation is 1. The third-order valence-corrected chi connectivity index (χ3v) is 4.04. The lowest BCUT2D eigenvalue weighted by Crippen LogP contribution is -2.14. The molecule has 2 aromatic rings. The molecule has 0 unspecified atom stereocenters. The summed E-state index contributed by atoms with van der Waals surface area (Å²) in [4.78, 5) is 7.65. The Morgan fingerprint density at radius 3 is 2.88 bits per heavy atom. The molecule has 0 bridgehead atoms. The molecule has 8 nitrogen and oxygen atoms in total. The zero-order valence-corrected chi connectivity index (χ0v) is 14.4. The van der Waals surface area contributed by atoms with Crippen LogP contribution >= 0.6 is 11.6 Å². The van der Waals surface area contributed by atoms with Crippen LogP contribution in [0.5, 0.6) is 5.88 Å². The van der Waals surface area contributed by atoms with Crippen molar-refractivity contribution in [1.82, 2.24) is 19.7 Å². The number of rotatable bonds is 5. The maximum atomic E-state index is 13.4. The van der Waals surface area contributed by atoms with Crippen molar-refractivity contribution in [3.63, 3.8) is 0 Å². The molecule has 3 N–H and O–H groups in total. The van der Waals surface area contributed by atoms with Crippen molar-refractivity contribution in [1.29, 1.82) is 0 Å². The van der Waals surface area contributed by atoms with E-state index >= 15 is 0 Å². The molecule has 0 amide bonds. The molecule has 26 heavy (non-hydrogen) atoms. The topological polar surface area (TPSA) is 100 Å². The van der Waals surface area contributed by atoms with Crippen molar-refractivity contribution in [3.05, 3.63) is 16.9 Å². The van der Waals surface area contributed by atoms with Gasteiger partial charge >= 0.3 is 6.18 Å². The van der Waals surface area contributed by atoms with Gasteiger partial charge in [0.05, 0.1) is 19.4 Å². The fraction of sp³-hybridized carbons (Fsp3) is 0.500. The Bertz CT molecular complexity index is 792. The van der Waals surface area contributed by atoms with Gasteiger partial charge in [0, 0.05) is 19.6 Å². The Morgan fingerprint density at radius 1 is 1.50 bits per heavy atom. The van der Waals surface area contributed by atoms with Crippen LogP contribution in [0.25, 0.3) is 0 Å². The second kappa shape index (κ2) is 7.16. The standard InChI is InChI=1S/C14H16ClF3N6O2/c1-24-12(26-6-7-2-3-25-5-7)9(10(23-24)14(16,17)18)21-13-20-4-8(15)11(19)22-13/h4,7H,2-3,5-6H2,1H3,(H3,19,20,21,22)/t7-/m0/s1. The zero-order chi connectivity index (χ0) is 18.9. The predicted octanol–water partition coefficient (Wildman–Crippen LogP) is 2.62. The Kier molecular flexibility index (Phi) is 5.10. The SMILES string of the molecule is Cn1nc(C(F)(F)F)c(Nc2ncc(Cl)c(N)n2)c1OC[C@H]1CCOC1. The number of nitrogens with zero attached hydrogens (tertiary/aromatic N) is 4. The number of alkyl halides is 3. The number of nitrogen functional groups attached to an aromatic ring is 1. The minimum Gasteiger partial charge on any atom is -0.476 e. The summed E-state index contributed by atoms with van der Waals surface area (Å²) in [5.74, 6) is -0.192. The lowest BCUT2D eigenvalue weighted by molar-refractivity contribution is -0.140. The van der Waals surface area contributed by atoms with Crippen LogP contribution in [0.2, 0.25) is 5.02 Å². The number of nitrogens with two attached hydrogens (primary N) is 1. The molecule has 0 spiro atoms. The van der Waals surface area contributed by atoms with E-state index in [1.807, 2.05) is 0 Å². The van der Waals surface area contributed by atoms with E-state index in [9.17, 15) is 13.2 Å². The van der Waals surface area contributed by atoms with E-state index in [0.717, 1.165) is 11.1 Å².